The number of benzene rings is 2. The molecule has 7 nitrogen and oxygen atoms in total. The van der Waals surface area contributed by atoms with Gasteiger partial charge >= 0.3 is 11.9 Å². The topological polar surface area (TPSA) is 96.3 Å². The maximum absolute atomic E-state index is 13.8. The lowest BCUT2D eigenvalue weighted by atomic mass is 9.77. The lowest BCUT2D eigenvalue weighted by Crippen LogP contribution is -2.64. The number of hydrogen-bond acceptors (Lipinski definition) is 7. The molecule has 1 aliphatic heterocycles. The number of esters is 2. The number of carbonyl (C=O) groups excluding carboxylic acids is 2. The van der Waals surface area contributed by atoms with Crippen LogP contribution in [0.4, 0.5) is 0 Å². The number of rotatable bonds is 10. The van der Waals surface area contributed by atoms with Crippen molar-refractivity contribution in [3.63, 3.8) is 0 Å². The molecule has 0 spiro atoms. The largest absolute Gasteiger partial charge is 0.507 e. The van der Waals surface area contributed by atoms with Crippen molar-refractivity contribution >= 4 is 11.9 Å². The number of phenols is 2. The van der Waals surface area contributed by atoms with Crippen LogP contribution < -0.4 is 0 Å². The molecule has 1 heterocycles. The number of aromatic hydroxyl groups is 2. The first-order valence-corrected chi connectivity index (χ1v) is 20.2. The van der Waals surface area contributed by atoms with Gasteiger partial charge in [0.25, 0.3) is 0 Å². The highest BCUT2D eigenvalue weighted by Gasteiger charge is 2.47. The number of phenolic OH excluding ortho intramolecular Hbond substituents is 2. The van der Waals surface area contributed by atoms with E-state index >= 15 is 0 Å². The molecule has 1 aliphatic rings. The van der Waals surface area contributed by atoms with Gasteiger partial charge in [0.1, 0.15) is 23.7 Å². The number of ether oxygens (including phenoxy) is 2. The summed E-state index contributed by atoms with van der Waals surface area (Å²) in [5.74, 6) is -0.352. The van der Waals surface area contributed by atoms with Gasteiger partial charge in [-0.25, -0.2) is 0 Å². The van der Waals surface area contributed by atoms with E-state index in [1.807, 2.05) is 31.2 Å². The van der Waals surface area contributed by atoms with Crippen molar-refractivity contribution in [2.45, 2.75) is 208 Å². The van der Waals surface area contributed by atoms with Crippen LogP contribution in [0.1, 0.15) is 190 Å². The molecule has 0 amide bonds. The maximum Gasteiger partial charge on any atom is 0.313 e. The van der Waals surface area contributed by atoms with E-state index in [1.165, 1.54) is 0 Å². The maximum atomic E-state index is 13.8. The van der Waals surface area contributed by atoms with Crippen LogP contribution in [0.25, 0.3) is 0 Å². The minimum Gasteiger partial charge on any atom is -0.507 e. The van der Waals surface area contributed by atoms with Crippen LogP contribution in [-0.2, 0) is 47.1 Å². The predicted octanol–water partition coefficient (Wildman–Crippen LogP) is 10.9. The SMILES string of the molecule is CCC(CN1C(C)(C)CC(OC(=O)CCc2cc(C(C)(C)C)c(O)c(C(C)(C)C)c2)CC1(C)C)OC(=O)C(C)c1cc(C(C)(C)C)c(O)c(C(C)(C)C)c1. The quantitative estimate of drug-likeness (QED) is 0.233. The van der Waals surface area contributed by atoms with Crippen molar-refractivity contribution in [1.82, 2.24) is 4.90 Å². The van der Waals surface area contributed by atoms with Gasteiger partial charge in [0.2, 0.25) is 0 Å². The lowest BCUT2D eigenvalue weighted by molar-refractivity contribution is -0.167. The third-order valence-electron chi connectivity index (χ3n) is 11.3. The normalized spacial score (nSPS) is 18.3. The van der Waals surface area contributed by atoms with Gasteiger partial charge in [0, 0.05) is 36.9 Å². The van der Waals surface area contributed by atoms with E-state index in [1.54, 1.807) is 0 Å². The number of piperidine rings is 1. The highest BCUT2D eigenvalue weighted by Crippen LogP contribution is 2.43. The number of aryl methyl sites for hydroxylation is 1. The Labute approximate surface area is 328 Å². The molecule has 54 heavy (non-hydrogen) atoms. The zero-order chi connectivity index (χ0) is 41.6. The molecule has 2 aromatic rings. The molecular formula is C47H75NO6. The first-order chi connectivity index (χ1) is 24.3. The van der Waals surface area contributed by atoms with Crippen LogP contribution in [-0.4, -0.2) is 56.9 Å². The summed E-state index contributed by atoms with van der Waals surface area (Å²) in [7, 11) is 0. The number of hydrogen-bond donors (Lipinski definition) is 2. The molecule has 0 aromatic heterocycles. The Morgan fingerprint density at radius 2 is 1.13 bits per heavy atom. The van der Waals surface area contributed by atoms with E-state index in [9.17, 15) is 19.8 Å². The van der Waals surface area contributed by atoms with Crippen LogP contribution >= 0.6 is 0 Å². The van der Waals surface area contributed by atoms with Crippen molar-refractivity contribution in [2.24, 2.45) is 0 Å². The van der Waals surface area contributed by atoms with Gasteiger partial charge in [0.15, 0.2) is 0 Å². The Morgan fingerprint density at radius 3 is 1.50 bits per heavy atom. The Balaban J connectivity index is 1.73. The summed E-state index contributed by atoms with van der Waals surface area (Å²) < 4.78 is 12.5. The summed E-state index contributed by atoms with van der Waals surface area (Å²) in [5.41, 5.74) is 3.60. The second kappa shape index (κ2) is 15.8. The lowest BCUT2D eigenvalue weighted by Gasteiger charge is -2.55. The van der Waals surface area contributed by atoms with E-state index in [-0.39, 0.29) is 63.3 Å². The zero-order valence-corrected chi connectivity index (χ0v) is 37.3. The molecule has 2 unspecified atom stereocenters. The molecule has 7 heteroatoms. The Morgan fingerprint density at radius 1 is 0.741 bits per heavy atom. The van der Waals surface area contributed by atoms with Gasteiger partial charge in [0.05, 0.1) is 5.92 Å². The summed E-state index contributed by atoms with van der Waals surface area (Å²) in [5, 5.41) is 22.4. The molecule has 0 saturated carbocycles. The van der Waals surface area contributed by atoms with Crippen LogP contribution in [0.15, 0.2) is 24.3 Å². The van der Waals surface area contributed by atoms with Crippen LogP contribution in [0.2, 0.25) is 0 Å². The fraction of sp³-hybridized carbons (Fsp3) is 0.702. The zero-order valence-electron chi connectivity index (χ0n) is 37.3. The molecule has 1 fully saturated rings. The minimum absolute atomic E-state index is 0.212. The molecular weight excluding hydrogens is 675 g/mol. The molecule has 2 aromatic carbocycles. The van der Waals surface area contributed by atoms with Gasteiger partial charge in [-0.1, -0.05) is 114 Å². The minimum atomic E-state index is -0.505. The molecule has 0 bridgehead atoms. The average molecular weight is 750 g/mol. The highest BCUT2D eigenvalue weighted by atomic mass is 16.5. The fourth-order valence-electron chi connectivity index (χ4n) is 8.18. The summed E-state index contributed by atoms with van der Waals surface area (Å²) in [6.07, 6.45) is 2.26. The van der Waals surface area contributed by atoms with E-state index in [0.717, 1.165) is 33.4 Å². The van der Waals surface area contributed by atoms with Crippen molar-refractivity contribution < 1.29 is 29.3 Å². The Bertz CT molecular complexity index is 1570. The molecule has 3 rings (SSSR count). The molecule has 304 valence electrons. The van der Waals surface area contributed by atoms with Crippen molar-refractivity contribution in [1.29, 1.82) is 0 Å². The second-order valence-electron chi connectivity index (χ2n) is 21.4. The summed E-state index contributed by atoms with van der Waals surface area (Å²) in [6, 6.07) is 8.01. The Hall–Kier alpha value is -3.06. The molecule has 1 saturated heterocycles. The van der Waals surface area contributed by atoms with Gasteiger partial charge in [-0.15, -0.1) is 0 Å². The van der Waals surface area contributed by atoms with E-state index < -0.39 is 5.92 Å². The van der Waals surface area contributed by atoms with E-state index in [4.69, 9.17) is 9.47 Å². The predicted molar refractivity (Wildman–Crippen MR) is 222 cm³/mol. The summed E-state index contributed by atoms with van der Waals surface area (Å²) in [6.45, 7) is 38.3. The number of carbonyl (C=O) groups is 2. The Kier molecular flexibility index (Phi) is 13.3. The molecule has 0 aliphatic carbocycles. The van der Waals surface area contributed by atoms with Gasteiger partial charge in [-0.3, -0.25) is 14.5 Å². The summed E-state index contributed by atoms with van der Waals surface area (Å²) >= 11 is 0. The van der Waals surface area contributed by atoms with Crippen molar-refractivity contribution in [3.8, 4) is 11.5 Å². The van der Waals surface area contributed by atoms with Gasteiger partial charge in [-0.2, -0.15) is 0 Å². The standard InChI is InChI=1S/C47H75NO6/c1-19-32(54-41(52)29(2)31-24-36(44(9,10)11)40(51)37(25-31)45(12,13)14)28-48-46(15,16)26-33(27-47(48,17)18)53-38(49)21-20-30-22-34(42(3,4)5)39(50)35(23-30)43(6,7)8/h22-25,29,32-33,50-51H,19-21,26-28H2,1-18H3. The number of nitrogens with zero attached hydrogens (tertiary/aromatic N) is 1. The third-order valence-corrected chi connectivity index (χ3v) is 11.3. The monoisotopic (exact) mass is 750 g/mol. The first kappa shape index (κ1) is 45.3. The van der Waals surface area contributed by atoms with Gasteiger partial charge in [-0.05, 0) is 103 Å². The first-order valence-electron chi connectivity index (χ1n) is 20.2. The average Bonchev–Trinajstić information content (AvgIpc) is 2.98. The fourth-order valence-corrected chi connectivity index (χ4v) is 8.18. The second-order valence-corrected chi connectivity index (χ2v) is 21.4. The third kappa shape index (κ3) is 10.8. The molecule has 2 atom stereocenters. The van der Waals surface area contributed by atoms with Gasteiger partial charge < -0.3 is 19.7 Å². The highest BCUT2D eigenvalue weighted by molar-refractivity contribution is 5.78. The van der Waals surface area contributed by atoms with Crippen LogP contribution in [0, 0.1) is 0 Å². The van der Waals surface area contributed by atoms with E-state index in [0.29, 0.717) is 43.7 Å². The molecule has 0 radical (unpaired) electrons. The van der Waals surface area contributed by atoms with Crippen molar-refractivity contribution in [3.05, 3.63) is 57.6 Å². The molecule has 2 N–H and O–H groups in total. The van der Waals surface area contributed by atoms with Crippen molar-refractivity contribution in [2.75, 3.05) is 6.54 Å². The van der Waals surface area contributed by atoms with Crippen LogP contribution in [0.3, 0.4) is 0 Å². The smallest absolute Gasteiger partial charge is 0.313 e. The van der Waals surface area contributed by atoms with E-state index in [2.05, 4.69) is 123 Å². The number of likely N-dealkylation sites (tertiary alicyclic amines) is 1. The van der Waals surface area contributed by atoms with Crippen LogP contribution in [0.5, 0.6) is 11.5 Å². The summed E-state index contributed by atoms with van der Waals surface area (Å²) in [4.78, 5) is 29.6.